The molecule has 18 heavy (non-hydrogen) atoms. The van der Waals surface area contributed by atoms with Crippen molar-refractivity contribution in [3.8, 4) is 0 Å². The zero-order chi connectivity index (χ0) is 13.5. The van der Waals surface area contributed by atoms with E-state index in [9.17, 15) is 4.21 Å². The molecule has 0 aromatic rings. The Labute approximate surface area is 118 Å². The van der Waals surface area contributed by atoms with E-state index in [4.69, 9.17) is 0 Å². The molecule has 3 nitrogen and oxygen atoms in total. The molecule has 0 radical (unpaired) electrons. The van der Waals surface area contributed by atoms with Crippen LogP contribution in [0.1, 0.15) is 40.0 Å². The van der Waals surface area contributed by atoms with Gasteiger partial charge in [-0.3, -0.25) is 9.20 Å². The molecule has 3 atom stereocenters. The first-order chi connectivity index (χ1) is 8.56. The van der Waals surface area contributed by atoms with Crippen molar-refractivity contribution in [1.82, 2.24) is 5.32 Å². The van der Waals surface area contributed by atoms with E-state index in [1.165, 1.54) is 12.8 Å². The molecular formula is C13H26N2OS2. The molecule has 1 aliphatic heterocycles. The first kappa shape index (κ1) is 16.0. The lowest BCUT2D eigenvalue weighted by atomic mass is 9.99. The van der Waals surface area contributed by atoms with Crippen LogP contribution in [-0.4, -0.2) is 39.2 Å². The maximum Gasteiger partial charge on any atom is 0.157 e. The number of nitrogens with one attached hydrogen (secondary N) is 1. The molecule has 1 heterocycles. The number of thioether (sulfide) groups is 1. The number of hydrogen-bond donors (Lipinski definition) is 1. The Morgan fingerprint density at radius 1 is 1.50 bits per heavy atom. The molecule has 1 N–H and O–H groups in total. The van der Waals surface area contributed by atoms with Gasteiger partial charge in [-0.05, 0) is 19.3 Å². The fourth-order valence-electron chi connectivity index (χ4n) is 2.16. The topological polar surface area (TPSA) is 41.5 Å². The smallest absolute Gasteiger partial charge is 0.157 e. The van der Waals surface area contributed by atoms with E-state index >= 15 is 0 Å². The Morgan fingerprint density at radius 2 is 2.17 bits per heavy atom. The summed E-state index contributed by atoms with van der Waals surface area (Å²) in [5.41, 5.74) is 0. The average Bonchev–Trinajstić information content (AvgIpc) is 2.76. The van der Waals surface area contributed by atoms with Gasteiger partial charge in [0.05, 0.1) is 6.54 Å². The fraction of sp³-hybridized carbons (Fsp3) is 0.923. The van der Waals surface area contributed by atoms with Gasteiger partial charge in [0.15, 0.2) is 5.17 Å². The van der Waals surface area contributed by atoms with Crippen LogP contribution in [-0.2, 0) is 10.8 Å². The van der Waals surface area contributed by atoms with Crippen LogP contribution in [0, 0.1) is 5.92 Å². The quantitative estimate of drug-likeness (QED) is 0.784. The lowest BCUT2D eigenvalue weighted by molar-refractivity contribution is 0.479. The normalized spacial score (nSPS) is 22.9. The minimum atomic E-state index is -0.693. The summed E-state index contributed by atoms with van der Waals surface area (Å²) in [6, 6.07) is 0.362. The van der Waals surface area contributed by atoms with Crippen LogP contribution in [0.25, 0.3) is 0 Å². The minimum absolute atomic E-state index is 0.362. The lowest BCUT2D eigenvalue weighted by Gasteiger charge is -2.19. The van der Waals surface area contributed by atoms with Crippen LogP contribution in [0.5, 0.6) is 0 Å². The van der Waals surface area contributed by atoms with Gasteiger partial charge >= 0.3 is 0 Å². The van der Waals surface area contributed by atoms with Crippen molar-refractivity contribution in [3.63, 3.8) is 0 Å². The summed E-state index contributed by atoms with van der Waals surface area (Å²) in [6.07, 6.45) is 5.18. The summed E-state index contributed by atoms with van der Waals surface area (Å²) >= 11 is 1.89. The largest absolute Gasteiger partial charge is 0.362 e. The van der Waals surface area contributed by atoms with Crippen LogP contribution in [0.15, 0.2) is 4.99 Å². The van der Waals surface area contributed by atoms with Gasteiger partial charge in [0, 0.05) is 34.1 Å². The predicted molar refractivity (Wildman–Crippen MR) is 83.9 cm³/mol. The molecule has 1 rings (SSSR count). The van der Waals surface area contributed by atoms with Gasteiger partial charge in [-0.2, -0.15) is 0 Å². The Balaban J connectivity index is 2.31. The van der Waals surface area contributed by atoms with E-state index in [2.05, 4.69) is 31.1 Å². The van der Waals surface area contributed by atoms with Crippen LogP contribution in [0.2, 0.25) is 0 Å². The standard InChI is InChI=1S/C13H26N2OS2/c1-5-11(6-2)12-9-14-13(17-12)15-10(3)7-8-18(4)16/h10-12H,5-9H2,1-4H3,(H,14,15). The van der Waals surface area contributed by atoms with E-state index in [0.717, 1.165) is 29.8 Å². The first-order valence-electron chi connectivity index (χ1n) is 6.84. The van der Waals surface area contributed by atoms with E-state index in [1.54, 1.807) is 6.26 Å². The molecule has 0 saturated heterocycles. The van der Waals surface area contributed by atoms with E-state index in [-0.39, 0.29) is 0 Å². The first-order valence-corrected chi connectivity index (χ1v) is 9.45. The second-order valence-electron chi connectivity index (χ2n) is 4.99. The van der Waals surface area contributed by atoms with E-state index < -0.39 is 10.8 Å². The summed E-state index contributed by atoms with van der Waals surface area (Å²) in [5.74, 6) is 1.54. The third kappa shape index (κ3) is 5.31. The van der Waals surface area contributed by atoms with Gasteiger partial charge < -0.3 is 5.32 Å². The van der Waals surface area contributed by atoms with Gasteiger partial charge in [-0.15, -0.1) is 0 Å². The number of aliphatic imine (C=N–C) groups is 1. The van der Waals surface area contributed by atoms with Gasteiger partial charge in [0.25, 0.3) is 0 Å². The monoisotopic (exact) mass is 290 g/mol. The van der Waals surface area contributed by atoms with Crippen molar-refractivity contribution in [1.29, 1.82) is 0 Å². The van der Waals surface area contributed by atoms with Gasteiger partial charge in [-0.1, -0.05) is 38.5 Å². The molecule has 0 fully saturated rings. The zero-order valence-corrected chi connectivity index (χ0v) is 13.6. The second kappa shape index (κ2) is 8.20. The molecule has 0 amide bonds. The summed E-state index contributed by atoms with van der Waals surface area (Å²) in [4.78, 5) is 4.59. The third-order valence-corrected chi connectivity index (χ3v) is 5.58. The van der Waals surface area contributed by atoms with Crippen LogP contribution >= 0.6 is 11.8 Å². The molecule has 0 spiro atoms. The molecule has 0 bridgehead atoms. The molecule has 0 aliphatic carbocycles. The SMILES string of the molecule is CCC(CC)C1CN=C(NC(C)CCS(C)=O)S1. The van der Waals surface area contributed by atoms with Crippen molar-refractivity contribution in [2.45, 2.75) is 51.3 Å². The molecule has 0 saturated carbocycles. The van der Waals surface area contributed by atoms with Gasteiger partial charge in [0.1, 0.15) is 0 Å². The summed E-state index contributed by atoms with van der Waals surface area (Å²) in [7, 11) is -0.693. The number of hydrogen-bond acceptors (Lipinski definition) is 4. The van der Waals surface area contributed by atoms with Crippen LogP contribution in [0.4, 0.5) is 0 Å². The van der Waals surface area contributed by atoms with Gasteiger partial charge in [0.2, 0.25) is 0 Å². The predicted octanol–water partition coefficient (Wildman–Crippen LogP) is 2.64. The van der Waals surface area contributed by atoms with E-state index in [0.29, 0.717) is 11.3 Å². The fourth-order valence-corrected chi connectivity index (χ4v) is 4.27. The molecule has 1 aliphatic rings. The second-order valence-corrected chi connectivity index (χ2v) is 7.77. The molecular weight excluding hydrogens is 264 g/mol. The average molecular weight is 290 g/mol. The Hall–Kier alpha value is -0.0300. The molecule has 0 aromatic heterocycles. The summed E-state index contributed by atoms with van der Waals surface area (Å²) in [5, 5.41) is 5.18. The number of amidine groups is 1. The maximum absolute atomic E-state index is 11.1. The van der Waals surface area contributed by atoms with Crippen molar-refractivity contribution >= 4 is 27.7 Å². The highest BCUT2D eigenvalue weighted by molar-refractivity contribution is 8.14. The summed E-state index contributed by atoms with van der Waals surface area (Å²) < 4.78 is 11.1. The summed E-state index contributed by atoms with van der Waals surface area (Å²) in [6.45, 7) is 7.62. The van der Waals surface area contributed by atoms with Gasteiger partial charge in [-0.25, -0.2) is 0 Å². The van der Waals surface area contributed by atoms with Crippen molar-refractivity contribution < 1.29 is 4.21 Å². The molecule has 0 aromatic carbocycles. The minimum Gasteiger partial charge on any atom is -0.362 e. The lowest BCUT2D eigenvalue weighted by Crippen LogP contribution is -2.31. The highest BCUT2D eigenvalue weighted by Gasteiger charge is 2.26. The third-order valence-electron chi connectivity index (χ3n) is 3.46. The Bertz CT molecular complexity index is 303. The van der Waals surface area contributed by atoms with Crippen molar-refractivity contribution in [3.05, 3.63) is 0 Å². The van der Waals surface area contributed by atoms with E-state index in [1.807, 2.05) is 11.8 Å². The zero-order valence-electron chi connectivity index (χ0n) is 11.9. The number of nitrogens with zero attached hydrogens (tertiary/aromatic N) is 1. The maximum atomic E-state index is 11.1. The molecule has 106 valence electrons. The Morgan fingerprint density at radius 3 is 2.72 bits per heavy atom. The number of rotatable bonds is 7. The molecule has 3 unspecified atom stereocenters. The highest BCUT2D eigenvalue weighted by atomic mass is 32.2. The molecule has 5 heteroatoms. The van der Waals surface area contributed by atoms with Crippen LogP contribution < -0.4 is 5.32 Å². The Kier molecular flexibility index (Phi) is 7.30. The van der Waals surface area contributed by atoms with Crippen LogP contribution in [0.3, 0.4) is 0 Å². The highest BCUT2D eigenvalue weighted by Crippen LogP contribution is 2.30. The van der Waals surface area contributed by atoms with Crippen molar-refractivity contribution in [2.75, 3.05) is 18.6 Å². The van der Waals surface area contributed by atoms with Crippen molar-refractivity contribution in [2.24, 2.45) is 10.9 Å².